The fourth-order valence-corrected chi connectivity index (χ4v) is 3.52. The van der Waals surface area contributed by atoms with Crippen LogP contribution in [0.15, 0.2) is 17.6 Å². The monoisotopic (exact) mass is 326 g/mol. The SMILES string of the molecule is O=C(Nc1c(F)cc(F)cc1F)c1scnc1C1CCCC1. The number of benzene rings is 1. The van der Waals surface area contributed by atoms with Gasteiger partial charge in [0.05, 0.1) is 11.2 Å². The number of carbonyl (C=O) groups is 1. The van der Waals surface area contributed by atoms with Crippen LogP contribution < -0.4 is 5.32 Å². The van der Waals surface area contributed by atoms with Gasteiger partial charge in [-0.15, -0.1) is 11.3 Å². The fourth-order valence-electron chi connectivity index (χ4n) is 2.75. The smallest absolute Gasteiger partial charge is 0.267 e. The van der Waals surface area contributed by atoms with E-state index in [4.69, 9.17) is 0 Å². The molecule has 1 amide bonds. The number of carbonyl (C=O) groups excluding carboxylic acids is 1. The second-order valence-corrected chi connectivity index (χ2v) is 6.10. The van der Waals surface area contributed by atoms with Crippen LogP contribution in [-0.2, 0) is 0 Å². The fraction of sp³-hybridized carbons (Fsp3) is 0.333. The molecule has 0 spiro atoms. The molecule has 1 N–H and O–H groups in total. The molecular formula is C15H13F3N2OS. The van der Waals surface area contributed by atoms with Gasteiger partial charge in [0.25, 0.3) is 5.91 Å². The summed E-state index contributed by atoms with van der Waals surface area (Å²) in [6, 6.07) is 1.06. The van der Waals surface area contributed by atoms with Gasteiger partial charge in [0.2, 0.25) is 0 Å². The van der Waals surface area contributed by atoms with Crippen molar-refractivity contribution in [1.82, 2.24) is 4.98 Å². The molecule has 1 aliphatic carbocycles. The highest BCUT2D eigenvalue weighted by molar-refractivity contribution is 7.12. The number of rotatable bonds is 3. The molecule has 0 aliphatic heterocycles. The molecule has 0 bridgehead atoms. The Labute approximate surface area is 129 Å². The molecule has 1 aromatic heterocycles. The molecule has 116 valence electrons. The van der Waals surface area contributed by atoms with Gasteiger partial charge < -0.3 is 5.32 Å². The quantitative estimate of drug-likeness (QED) is 0.904. The standard InChI is InChI=1S/C15H13F3N2OS/c16-9-5-10(17)13(11(18)6-9)20-15(21)14-12(19-7-22-14)8-3-1-2-4-8/h5-8H,1-4H2,(H,20,21). The van der Waals surface area contributed by atoms with E-state index in [0.29, 0.717) is 22.7 Å². The Morgan fingerprint density at radius 2 is 1.82 bits per heavy atom. The number of hydrogen-bond donors (Lipinski definition) is 1. The van der Waals surface area contributed by atoms with Gasteiger partial charge in [0.1, 0.15) is 16.4 Å². The number of halogens is 3. The zero-order valence-electron chi connectivity index (χ0n) is 11.5. The molecule has 1 heterocycles. The predicted octanol–water partition coefficient (Wildman–Crippen LogP) is 4.47. The van der Waals surface area contributed by atoms with Crippen molar-refractivity contribution in [3.05, 3.63) is 45.7 Å². The van der Waals surface area contributed by atoms with Crippen LogP contribution in [0.3, 0.4) is 0 Å². The van der Waals surface area contributed by atoms with E-state index >= 15 is 0 Å². The zero-order chi connectivity index (χ0) is 15.7. The van der Waals surface area contributed by atoms with Gasteiger partial charge in [-0.1, -0.05) is 12.8 Å². The van der Waals surface area contributed by atoms with Crippen molar-refractivity contribution in [1.29, 1.82) is 0 Å². The van der Waals surface area contributed by atoms with Crippen LogP contribution in [0.5, 0.6) is 0 Å². The molecule has 3 rings (SSSR count). The molecule has 2 aromatic rings. The van der Waals surface area contributed by atoms with Gasteiger partial charge in [-0.2, -0.15) is 0 Å². The Morgan fingerprint density at radius 1 is 1.18 bits per heavy atom. The molecule has 0 atom stereocenters. The summed E-state index contributed by atoms with van der Waals surface area (Å²) in [6.07, 6.45) is 4.10. The molecule has 7 heteroatoms. The molecule has 1 aliphatic rings. The summed E-state index contributed by atoms with van der Waals surface area (Å²) in [5.74, 6) is -3.71. The highest BCUT2D eigenvalue weighted by Gasteiger charge is 2.26. The first-order valence-electron chi connectivity index (χ1n) is 6.95. The topological polar surface area (TPSA) is 42.0 Å². The molecule has 1 aromatic carbocycles. The van der Waals surface area contributed by atoms with Gasteiger partial charge in [-0.25, -0.2) is 18.2 Å². The van der Waals surface area contributed by atoms with Crippen molar-refractivity contribution in [2.75, 3.05) is 5.32 Å². The highest BCUT2D eigenvalue weighted by Crippen LogP contribution is 2.36. The Kier molecular flexibility index (Phi) is 4.15. The second kappa shape index (κ2) is 6.08. The summed E-state index contributed by atoms with van der Waals surface area (Å²) in [6.45, 7) is 0. The third kappa shape index (κ3) is 2.85. The van der Waals surface area contributed by atoms with E-state index in [-0.39, 0.29) is 5.92 Å². The molecule has 1 saturated carbocycles. The van der Waals surface area contributed by atoms with Crippen molar-refractivity contribution in [2.45, 2.75) is 31.6 Å². The van der Waals surface area contributed by atoms with Crippen molar-refractivity contribution < 1.29 is 18.0 Å². The molecular weight excluding hydrogens is 313 g/mol. The number of nitrogens with zero attached hydrogens (tertiary/aromatic N) is 1. The van der Waals surface area contributed by atoms with Crippen molar-refractivity contribution in [3.63, 3.8) is 0 Å². The summed E-state index contributed by atoms with van der Waals surface area (Å²) in [7, 11) is 0. The Balaban J connectivity index is 1.85. The van der Waals surface area contributed by atoms with E-state index in [9.17, 15) is 18.0 Å². The van der Waals surface area contributed by atoms with Gasteiger partial charge in [0.15, 0.2) is 11.6 Å². The van der Waals surface area contributed by atoms with Crippen molar-refractivity contribution in [3.8, 4) is 0 Å². The first kappa shape index (κ1) is 15.0. The van der Waals surface area contributed by atoms with Gasteiger partial charge >= 0.3 is 0 Å². The van der Waals surface area contributed by atoms with Crippen LogP contribution in [-0.4, -0.2) is 10.9 Å². The summed E-state index contributed by atoms with van der Waals surface area (Å²) < 4.78 is 40.1. The lowest BCUT2D eigenvalue weighted by atomic mass is 10.0. The Morgan fingerprint density at radius 3 is 2.45 bits per heavy atom. The third-order valence-electron chi connectivity index (χ3n) is 3.79. The summed E-state index contributed by atoms with van der Waals surface area (Å²) >= 11 is 1.14. The van der Waals surface area contributed by atoms with Crippen LogP contribution in [0.2, 0.25) is 0 Å². The second-order valence-electron chi connectivity index (χ2n) is 5.25. The number of thiazole rings is 1. The largest absolute Gasteiger partial charge is 0.316 e. The van der Waals surface area contributed by atoms with Crippen molar-refractivity contribution >= 4 is 22.9 Å². The first-order valence-corrected chi connectivity index (χ1v) is 7.83. The number of anilines is 1. The van der Waals surface area contributed by atoms with Gasteiger partial charge in [-0.3, -0.25) is 4.79 Å². The minimum Gasteiger partial charge on any atom is -0.316 e. The van der Waals surface area contributed by atoms with Crippen LogP contribution in [0.4, 0.5) is 18.9 Å². The van der Waals surface area contributed by atoms with E-state index in [1.54, 1.807) is 5.51 Å². The maximum atomic E-state index is 13.6. The van der Waals surface area contributed by atoms with E-state index in [0.717, 1.165) is 37.0 Å². The third-order valence-corrected chi connectivity index (χ3v) is 4.63. The number of aromatic nitrogens is 1. The summed E-state index contributed by atoms with van der Waals surface area (Å²) in [5, 5.41) is 2.19. The van der Waals surface area contributed by atoms with Crippen LogP contribution >= 0.6 is 11.3 Å². The zero-order valence-corrected chi connectivity index (χ0v) is 12.4. The molecule has 0 saturated heterocycles. The molecule has 0 unspecified atom stereocenters. The maximum Gasteiger partial charge on any atom is 0.267 e. The molecule has 0 radical (unpaired) electrons. The predicted molar refractivity (Wildman–Crippen MR) is 77.6 cm³/mol. The van der Waals surface area contributed by atoms with Gasteiger partial charge in [-0.05, 0) is 12.8 Å². The van der Waals surface area contributed by atoms with Crippen LogP contribution in [0, 0.1) is 17.5 Å². The minimum absolute atomic E-state index is 0.218. The van der Waals surface area contributed by atoms with E-state index in [1.165, 1.54) is 0 Å². The van der Waals surface area contributed by atoms with E-state index in [2.05, 4.69) is 10.3 Å². The molecule has 1 fully saturated rings. The van der Waals surface area contributed by atoms with E-state index in [1.807, 2.05) is 0 Å². The Hall–Kier alpha value is -1.89. The highest BCUT2D eigenvalue weighted by atomic mass is 32.1. The van der Waals surface area contributed by atoms with Crippen LogP contribution in [0.25, 0.3) is 0 Å². The lowest BCUT2D eigenvalue weighted by Crippen LogP contribution is -2.16. The minimum atomic E-state index is -1.14. The number of amides is 1. The van der Waals surface area contributed by atoms with E-state index < -0.39 is 29.0 Å². The number of hydrogen-bond acceptors (Lipinski definition) is 3. The average Bonchev–Trinajstić information content (AvgIpc) is 3.11. The first-order chi connectivity index (χ1) is 10.6. The molecule has 22 heavy (non-hydrogen) atoms. The normalized spacial score (nSPS) is 15.2. The average molecular weight is 326 g/mol. The number of nitrogens with one attached hydrogen (secondary N) is 1. The maximum absolute atomic E-state index is 13.6. The lowest BCUT2D eigenvalue weighted by Gasteiger charge is -2.10. The lowest BCUT2D eigenvalue weighted by molar-refractivity contribution is 0.102. The molecule has 3 nitrogen and oxygen atoms in total. The summed E-state index contributed by atoms with van der Waals surface area (Å²) in [4.78, 5) is 16.9. The van der Waals surface area contributed by atoms with Gasteiger partial charge in [0, 0.05) is 18.1 Å². The van der Waals surface area contributed by atoms with Crippen molar-refractivity contribution in [2.24, 2.45) is 0 Å². The Bertz CT molecular complexity index is 688. The summed E-state index contributed by atoms with van der Waals surface area (Å²) in [5.41, 5.74) is 1.60. The van der Waals surface area contributed by atoms with Crippen LogP contribution in [0.1, 0.15) is 47.0 Å².